The van der Waals surface area contributed by atoms with Crippen LogP contribution in [-0.2, 0) is 11.2 Å². The Morgan fingerprint density at radius 1 is 1.44 bits per heavy atom. The summed E-state index contributed by atoms with van der Waals surface area (Å²) in [5, 5.41) is 26.2. The molecule has 0 atom stereocenters. The number of benzene rings is 1. The fourth-order valence-corrected chi connectivity index (χ4v) is 1.64. The first-order chi connectivity index (χ1) is 8.78. The number of amides is 1. The first-order valence-electron chi connectivity index (χ1n) is 4.96. The quantitative estimate of drug-likeness (QED) is 0.626. The van der Waals surface area contributed by atoms with Gasteiger partial charge in [-0.05, 0) is 36.0 Å². The highest BCUT2D eigenvalue weighted by Gasteiger charge is 2.07. The maximum atomic E-state index is 11.6. The average Bonchev–Trinajstić information content (AvgIpc) is 2.84. The first kappa shape index (κ1) is 12.1. The number of rotatable bonds is 4. The molecule has 0 bridgehead atoms. The number of tetrazole rings is 1. The molecule has 0 aliphatic heterocycles. The number of nitriles is 1. The number of aromatic amines is 1. The van der Waals surface area contributed by atoms with Gasteiger partial charge >= 0.3 is 0 Å². The van der Waals surface area contributed by atoms with Gasteiger partial charge in [-0.25, -0.2) is 0 Å². The second kappa shape index (κ2) is 5.79. The molecule has 0 fully saturated rings. The van der Waals surface area contributed by atoms with Crippen LogP contribution < -0.4 is 5.32 Å². The Bertz CT molecular complexity index is 559. The zero-order valence-corrected chi connectivity index (χ0v) is 9.94. The third-order valence-corrected chi connectivity index (χ3v) is 2.61. The van der Waals surface area contributed by atoms with Gasteiger partial charge in [-0.1, -0.05) is 5.21 Å². The van der Waals surface area contributed by atoms with Crippen LogP contribution >= 0.6 is 11.8 Å². The molecule has 0 spiro atoms. The van der Waals surface area contributed by atoms with Crippen molar-refractivity contribution in [3.8, 4) is 5.40 Å². The van der Waals surface area contributed by atoms with Crippen molar-refractivity contribution in [1.82, 2.24) is 20.6 Å². The molecule has 1 amide bonds. The number of H-pyrrole nitrogens is 1. The Morgan fingerprint density at radius 2 is 2.22 bits per heavy atom. The van der Waals surface area contributed by atoms with Crippen LogP contribution in [0.3, 0.4) is 0 Å². The van der Waals surface area contributed by atoms with Crippen LogP contribution in [0.4, 0.5) is 5.69 Å². The molecule has 0 unspecified atom stereocenters. The summed E-state index contributed by atoms with van der Waals surface area (Å²) in [6, 6.07) is 6.98. The summed E-state index contributed by atoms with van der Waals surface area (Å²) in [6.07, 6.45) is 0.0607. The number of hydrogen-bond donors (Lipinski definition) is 2. The van der Waals surface area contributed by atoms with Gasteiger partial charge in [-0.15, -0.1) is 10.2 Å². The van der Waals surface area contributed by atoms with E-state index in [4.69, 9.17) is 5.26 Å². The molecule has 0 saturated carbocycles. The second-order valence-electron chi connectivity index (χ2n) is 3.27. The minimum absolute atomic E-state index is 0.0607. The lowest BCUT2D eigenvalue weighted by Gasteiger charge is -2.03. The molecule has 2 N–H and O–H groups in total. The predicted octanol–water partition coefficient (Wildman–Crippen LogP) is 0.954. The summed E-state index contributed by atoms with van der Waals surface area (Å²) in [6.45, 7) is 0. The lowest BCUT2D eigenvalue weighted by molar-refractivity contribution is -0.115. The van der Waals surface area contributed by atoms with Crippen LogP contribution in [0.25, 0.3) is 0 Å². The van der Waals surface area contributed by atoms with Crippen molar-refractivity contribution in [2.75, 3.05) is 5.32 Å². The number of anilines is 1. The number of hydrogen-bond acceptors (Lipinski definition) is 6. The highest BCUT2D eigenvalue weighted by Crippen LogP contribution is 2.18. The fraction of sp³-hybridized carbons (Fsp3) is 0.100. The van der Waals surface area contributed by atoms with E-state index < -0.39 is 0 Å². The van der Waals surface area contributed by atoms with E-state index in [1.807, 2.05) is 5.40 Å². The zero-order chi connectivity index (χ0) is 12.8. The molecule has 2 rings (SSSR count). The molecule has 18 heavy (non-hydrogen) atoms. The van der Waals surface area contributed by atoms with E-state index in [1.165, 1.54) is 0 Å². The van der Waals surface area contributed by atoms with E-state index in [0.717, 1.165) is 16.7 Å². The molecule has 0 aliphatic carbocycles. The first-order valence-corrected chi connectivity index (χ1v) is 5.78. The van der Waals surface area contributed by atoms with Crippen molar-refractivity contribution in [1.29, 1.82) is 5.26 Å². The minimum atomic E-state index is -0.225. The van der Waals surface area contributed by atoms with Gasteiger partial charge in [0.2, 0.25) is 5.91 Å². The summed E-state index contributed by atoms with van der Waals surface area (Å²) in [5.41, 5.74) is 0.658. The van der Waals surface area contributed by atoms with Crippen LogP contribution in [0.15, 0.2) is 29.2 Å². The van der Waals surface area contributed by atoms with Crippen molar-refractivity contribution < 1.29 is 4.79 Å². The molecule has 2 aromatic rings. The SMILES string of the molecule is N#CSc1ccc(NC(=O)Cc2nn[nH]n2)cc1. The number of carbonyl (C=O) groups is 1. The van der Waals surface area contributed by atoms with E-state index in [2.05, 4.69) is 25.9 Å². The summed E-state index contributed by atoms with van der Waals surface area (Å²) in [5.74, 6) is 0.112. The monoisotopic (exact) mass is 260 g/mol. The normalized spacial score (nSPS) is 9.72. The number of aromatic nitrogens is 4. The van der Waals surface area contributed by atoms with Gasteiger partial charge in [0, 0.05) is 10.6 Å². The van der Waals surface area contributed by atoms with E-state index in [1.54, 1.807) is 24.3 Å². The van der Waals surface area contributed by atoms with E-state index in [0.29, 0.717) is 11.5 Å². The third-order valence-electron chi connectivity index (χ3n) is 2.01. The summed E-state index contributed by atoms with van der Waals surface area (Å²) in [7, 11) is 0. The minimum Gasteiger partial charge on any atom is -0.326 e. The predicted molar refractivity (Wildman–Crippen MR) is 64.4 cm³/mol. The highest BCUT2D eigenvalue weighted by molar-refractivity contribution is 8.03. The zero-order valence-electron chi connectivity index (χ0n) is 9.12. The van der Waals surface area contributed by atoms with E-state index >= 15 is 0 Å². The average molecular weight is 260 g/mol. The van der Waals surface area contributed by atoms with Crippen LogP contribution in [0, 0.1) is 10.7 Å². The van der Waals surface area contributed by atoms with Crippen LogP contribution in [0.2, 0.25) is 0 Å². The van der Waals surface area contributed by atoms with Crippen LogP contribution in [-0.4, -0.2) is 26.5 Å². The van der Waals surface area contributed by atoms with Crippen molar-refractivity contribution >= 4 is 23.4 Å². The van der Waals surface area contributed by atoms with Gasteiger partial charge in [0.25, 0.3) is 0 Å². The summed E-state index contributed by atoms with van der Waals surface area (Å²) in [4.78, 5) is 12.4. The van der Waals surface area contributed by atoms with Crippen LogP contribution in [0.5, 0.6) is 0 Å². The molecule has 90 valence electrons. The second-order valence-corrected chi connectivity index (χ2v) is 4.13. The Hall–Kier alpha value is -2.40. The molecule has 1 heterocycles. The van der Waals surface area contributed by atoms with Gasteiger partial charge in [0.05, 0.1) is 6.42 Å². The van der Waals surface area contributed by atoms with Gasteiger partial charge in [-0.2, -0.15) is 10.5 Å². The molecule has 8 heteroatoms. The Morgan fingerprint density at radius 3 is 2.83 bits per heavy atom. The summed E-state index contributed by atoms with van der Waals surface area (Å²) >= 11 is 1.07. The number of nitrogens with one attached hydrogen (secondary N) is 2. The standard InChI is InChI=1S/C10H8N6OS/c11-6-18-8-3-1-7(2-4-8)12-10(17)5-9-13-15-16-14-9/h1-4H,5H2,(H,12,17)(H,13,14,15,16). The number of thiocyanates is 1. The number of thioether (sulfide) groups is 1. The smallest absolute Gasteiger partial charge is 0.232 e. The lowest BCUT2D eigenvalue weighted by Crippen LogP contribution is -2.15. The van der Waals surface area contributed by atoms with Crippen molar-refractivity contribution in [2.24, 2.45) is 0 Å². The van der Waals surface area contributed by atoms with Gasteiger partial charge in [0.15, 0.2) is 5.82 Å². The molecule has 0 radical (unpaired) electrons. The largest absolute Gasteiger partial charge is 0.326 e. The van der Waals surface area contributed by atoms with Gasteiger partial charge < -0.3 is 5.32 Å². The maximum absolute atomic E-state index is 11.6. The molecule has 1 aromatic carbocycles. The molecule has 1 aromatic heterocycles. The molecular formula is C10H8N6OS. The molecule has 0 aliphatic rings. The Labute approximate surface area is 107 Å². The third kappa shape index (κ3) is 3.29. The lowest BCUT2D eigenvalue weighted by atomic mass is 10.3. The Balaban J connectivity index is 1.93. The van der Waals surface area contributed by atoms with Gasteiger partial charge in [-0.3, -0.25) is 4.79 Å². The molecular weight excluding hydrogens is 252 g/mol. The van der Waals surface area contributed by atoms with Crippen molar-refractivity contribution in [2.45, 2.75) is 11.3 Å². The topological polar surface area (TPSA) is 107 Å². The highest BCUT2D eigenvalue weighted by atomic mass is 32.2. The molecule has 7 nitrogen and oxygen atoms in total. The van der Waals surface area contributed by atoms with E-state index in [-0.39, 0.29) is 12.3 Å². The Kier molecular flexibility index (Phi) is 3.88. The molecule has 0 saturated heterocycles. The van der Waals surface area contributed by atoms with Gasteiger partial charge in [0.1, 0.15) is 5.40 Å². The fourth-order valence-electron chi connectivity index (χ4n) is 1.27. The number of nitrogens with zero attached hydrogens (tertiary/aromatic N) is 4. The summed E-state index contributed by atoms with van der Waals surface area (Å²) < 4.78 is 0. The van der Waals surface area contributed by atoms with Crippen molar-refractivity contribution in [3.05, 3.63) is 30.1 Å². The van der Waals surface area contributed by atoms with E-state index in [9.17, 15) is 4.79 Å². The van der Waals surface area contributed by atoms with Crippen molar-refractivity contribution in [3.63, 3.8) is 0 Å². The maximum Gasteiger partial charge on any atom is 0.232 e. The van der Waals surface area contributed by atoms with Crippen LogP contribution in [0.1, 0.15) is 5.82 Å². The number of carbonyl (C=O) groups excluding carboxylic acids is 1.